The zero-order chi connectivity index (χ0) is 24.0. The van der Waals surface area contributed by atoms with E-state index in [9.17, 15) is 28.4 Å². The third-order valence-corrected chi connectivity index (χ3v) is 8.10. The summed E-state index contributed by atoms with van der Waals surface area (Å²) in [5, 5.41) is 22.4. The molecule has 12 heteroatoms. The molecule has 0 bridgehead atoms. The fourth-order valence-electron chi connectivity index (χ4n) is 2.70. The molecule has 0 saturated heterocycles. The smallest absolute Gasteiger partial charge is 0.264 e. The molecule has 33 heavy (non-hydrogen) atoms. The van der Waals surface area contributed by atoms with Gasteiger partial charge in [0.2, 0.25) is 5.91 Å². The van der Waals surface area contributed by atoms with Crippen LogP contribution in [0.25, 0.3) is 0 Å². The average Bonchev–Trinajstić information content (AvgIpc) is 2.77. The van der Waals surface area contributed by atoms with Crippen molar-refractivity contribution in [1.29, 1.82) is 0 Å². The fourth-order valence-corrected chi connectivity index (χ4v) is 6.04. The Balaban J connectivity index is 1.74. The highest BCUT2D eigenvalue weighted by atomic mass is 33.1. The zero-order valence-corrected chi connectivity index (χ0v) is 19.6. The Labute approximate surface area is 198 Å². The zero-order valence-electron chi connectivity index (χ0n) is 17.1. The predicted octanol–water partition coefficient (Wildman–Crippen LogP) is 2.97. The van der Waals surface area contributed by atoms with Gasteiger partial charge in [0.25, 0.3) is 15.9 Å². The highest BCUT2D eigenvalue weighted by molar-refractivity contribution is 8.76. The van der Waals surface area contributed by atoms with Crippen LogP contribution in [-0.4, -0.2) is 25.4 Å². The van der Waals surface area contributed by atoms with Gasteiger partial charge in [-0.15, -0.1) is 0 Å². The maximum atomic E-state index is 12.8. The molecule has 0 saturated carbocycles. The molecule has 0 aliphatic rings. The van der Waals surface area contributed by atoms with E-state index in [1.165, 1.54) is 51.9 Å². The Kier molecular flexibility index (Phi) is 8.13. The van der Waals surface area contributed by atoms with Gasteiger partial charge in [0.15, 0.2) is 5.69 Å². The third-order valence-electron chi connectivity index (χ3n) is 4.17. The first kappa shape index (κ1) is 24.8. The molecule has 0 radical (unpaired) electrons. The fraction of sp³-hybridized carbons (Fsp3) is 0.0476. The molecule has 3 rings (SSSR count). The van der Waals surface area contributed by atoms with E-state index in [1.54, 1.807) is 42.5 Å². The molecule has 4 N–H and O–H groups in total. The van der Waals surface area contributed by atoms with Crippen LogP contribution >= 0.6 is 21.6 Å². The van der Waals surface area contributed by atoms with Crippen LogP contribution in [0.15, 0.2) is 87.5 Å². The van der Waals surface area contributed by atoms with Gasteiger partial charge in [-0.1, -0.05) is 35.1 Å². The number of carbonyl (C=O) groups is 2. The Morgan fingerprint density at radius 3 is 2.12 bits per heavy atom. The molecule has 3 aromatic rings. The number of benzene rings is 3. The summed E-state index contributed by atoms with van der Waals surface area (Å²) in [5.74, 6) is -1.12. The van der Waals surface area contributed by atoms with Crippen molar-refractivity contribution in [2.24, 2.45) is 0 Å². The van der Waals surface area contributed by atoms with Crippen molar-refractivity contribution < 1.29 is 28.4 Å². The van der Waals surface area contributed by atoms with Gasteiger partial charge in [0, 0.05) is 23.6 Å². The van der Waals surface area contributed by atoms with Crippen LogP contribution in [-0.2, 0) is 14.8 Å². The van der Waals surface area contributed by atoms with Crippen molar-refractivity contribution in [3.8, 4) is 0 Å². The van der Waals surface area contributed by atoms with Crippen molar-refractivity contribution in [2.75, 3.05) is 5.32 Å². The Hall–Kier alpha value is -2.87. The summed E-state index contributed by atoms with van der Waals surface area (Å²) in [6.07, 6.45) is 0. The number of sulfonamides is 1. The van der Waals surface area contributed by atoms with E-state index in [4.69, 9.17) is 0 Å². The lowest BCUT2D eigenvalue weighted by Gasteiger charge is -2.15. The number of carbonyl (C=O) groups excluding carboxylic acids is 2. The van der Waals surface area contributed by atoms with Gasteiger partial charge in [-0.3, -0.25) is 9.59 Å². The standard InChI is InChI=1S/C21H19N3O6S3/c1-14(25)23-33(29,30)16-12-10-15(11-13-16)22-21(26)17-6-2-4-8-19(17)31-32-20-9-5-3-7-18(20)24(27)28/h2-13,24,27H,1H3,(H,22,26)(H,23,25). The van der Waals surface area contributed by atoms with Crippen molar-refractivity contribution in [2.45, 2.75) is 21.6 Å². The number of amides is 2. The lowest BCUT2D eigenvalue weighted by molar-refractivity contribution is -0.992. The van der Waals surface area contributed by atoms with E-state index < -0.39 is 27.1 Å². The van der Waals surface area contributed by atoms with Crippen LogP contribution in [0.3, 0.4) is 0 Å². The molecule has 0 aromatic heterocycles. The summed E-state index contributed by atoms with van der Waals surface area (Å²) in [6, 6.07) is 18.8. The van der Waals surface area contributed by atoms with Crippen molar-refractivity contribution in [3.63, 3.8) is 0 Å². The molecule has 1 unspecified atom stereocenters. The second-order valence-electron chi connectivity index (χ2n) is 6.60. The second kappa shape index (κ2) is 10.8. The van der Waals surface area contributed by atoms with Crippen LogP contribution in [0, 0.1) is 5.21 Å². The maximum Gasteiger partial charge on any atom is 0.264 e. The van der Waals surface area contributed by atoms with Gasteiger partial charge in [-0.2, -0.15) is 5.23 Å². The molecular formula is C21H19N3O6S3. The van der Waals surface area contributed by atoms with Gasteiger partial charge in [-0.25, -0.2) is 18.3 Å². The summed E-state index contributed by atoms with van der Waals surface area (Å²) < 4.78 is 25.9. The van der Waals surface area contributed by atoms with Gasteiger partial charge < -0.3 is 10.5 Å². The van der Waals surface area contributed by atoms with Gasteiger partial charge in [0.05, 0.1) is 15.4 Å². The average molecular weight is 506 g/mol. The highest BCUT2D eigenvalue weighted by Crippen LogP contribution is 2.41. The molecule has 0 aliphatic heterocycles. The minimum atomic E-state index is -3.97. The summed E-state index contributed by atoms with van der Waals surface area (Å²) in [5.41, 5.74) is 0.912. The minimum Gasteiger partial charge on any atom is -0.595 e. The lowest BCUT2D eigenvalue weighted by Crippen LogP contribution is -2.99. The topological polar surface area (TPSA) is 140 Å². The molecule has 2 amide bonds. The summed E-state index contributed by atoms with van der Waals surface area (Å²) >= 11 is 0. The number of rotatable bonds is 8. The number of hydrogen-bond donors (Lipinski definition) is 4. The molecule has 0 heterocycles. The van der Waals surface area contributed by atoms with Crippen molar-refractivity contribution in [1.82, 2.24) is 4.72 Å². The molecular weight excluding hydrogens is 486 g/mol. The summed E-state index contributed by atoms with van der Waals surface area (Å²) in [4.78, 5) is 25.0. The predicted molar refractivity (Wildman–Crippen MR) is 126 cm³/mol. The highest BCUT2D eigenvalue weighted by Gasteiger charge is 2.17. The number of quaternary nitrogens is 1. The van der Waals surface area contributed by atoms with Gasteiger partial charge in [-0.05, 0) is 53.3 Å². The molecule has 1 atom stereocenters. The molecule has 172 valence electrons. The van der Waals surface area contributed by atoms with Crippen LogP contribution < -0.4 is 15.3 Å². The third kappa shape index (κ3) is 6.57. The van der Waals surface area contributed by atoms with E-state index in [0.717, 1.165) is 6.92 Å². The first-order valence-corrected chi connectivity index (χ1v) is 13.0. The van der Waals surface area contributed by atoms with Gasteiger partial charge in [0.1, 0.15) is 0 Å². The first-order chi connectivity index (χ1) is 15.7. The van der Waals surface area contributed by atoms with E-state index in [0.29, 0.717) is 21.0 Å². The normalized spacial score (nSPS) is 12.1. The van der Waals surface area contributed by atoms with E-state index in [-0.39, 0.29) is 10.6 Å². The van der Waals surface area contributed by atoms with Crippen molar-refractivity contribution in [3.05, 3.63) is 83.6 Å². The number of anilines is 1. The molecule has 3 aromatic carbocycles. The van der Waals surface area contributed by atoms with Crippen LogP contribution in [0.2, 0.25) is 0 Å². The van der Waals surface area contributed by atoms with Crippen LogP contribution in [0.4, 0.5) is 11.4 Å². The Morgan fingerprint density at radius 2 is 1.48 bits per heavy atom. The number of para-hydroxylation sites is 1. The molecule has 0 spiro atoms. The summed E-state index contributed by atoms with van der Waals surface area (Å²) in [7, 11) is -1.48. The Morgan fingerprint density at radius 1 is 0.909 bits per heavy atom. The quantitative estimate of drug-likeness (QED) is 0.271. The van der Waals surface area contributed by atoms with E-state index >= 15 is 0 Å². The summed E-state index contributed by atoms with van der Waals surface area (Å²) in [6.45, 7) is 1.10. The minimum absolute atomic E-state index is 0.111. The van der Waals surface area contributed by atoms with Crippen LogP contribution in [0.1, 0.15) is 17.3 Å². The van der Waals surface area contributed by atoms with E-state index in [1.807, 2.05) is 4.72 Å². The maximum absolute atomic E-state index is 12.8. The number of hydrogen-bond acceptors (Lipinski definition) is 8. The Bertz CT molecular complexity index is 1260. The largest absolute Gasteiger partial charge is 0.595 e. The molecule has 9 nitrogen and oxygen atoms in total. The monoisotopic (exact) mass is 505 g/mol. The first-order valence-electron chi connectivity index (χ1n) is 9.38. The molecule has 0 aliphatic carbocycles. The number of nitrogens with one attached hydrogen (secondary N) is 3. The van der Waals surface area contributed by atoms with Gasteiger partial charge >= 0.3 is 0 Å². The van der Waals surface area contributed by atoms with Crippen LogP contribution in [0.5, 0.6) is 0 Å². The van der Waals surface area contributed by atoms with E-state index in [2.05, 4.69) is 5.32 Å². The second-order valence-corrected chi connectivity index (χ2v) is 10.5. The van der Waals surface area contributed by atoms with Crippen molar-refractivity contribution >= 4 is 54.8 Å². The SMILES string of the molecule is CC(=O)NS(=O)(=O)c1ccc(NC(=O)c2ccccc2SSc2ccccc2[NH+]([O-])O)cc1. The molecule has 0 fully saturated rings. The lowest BCUT2D eigenvalue weighted by atomic mass is 10.2.